The minimum absolute atomic E-state index is 0.0403. The van der Waals surface area contributed by atoms with Crippen molar-refractivity contribution in [3.63, 3.8) is 0 Å². The quantitative estimate of drug-likeness (QED) is 0.799. The molecular weight excluding hydrogens is 340 g/mol. The zero-order chi connectivity index (χ0) is 17.8. The number of rotatable bonds is 5. The van der Waals surface area contributed by atoms with Gasteiger partial charge in [-0.3, -0.25) is 9.59 Å². The molecule has 0 spiro atoms. The van der Waals surface area contributed by atoms with Crippen LogP contribution in [0.2, 0.25) is 5.02 Å². The molecule has 2 heterocycles. The number of hydrogen-bond donors (Lipinski definition) is 2. The fraction of sp³-hybridized carbons (Fsp3) is 0.474. The molecule has 1 aromatic heterocycles. The predicted octanol–water partition coefficient (Wildman–Crippen LogP) is 2.02. The van der Waals surface area contributed by atoms with Crippen LogP contribution in [0.25, 0.3) is 11.0 Å². The van der Waals surface area contributed by atoms with E-state index >= 15 is 0 Å². The first-order valence-electron chi connectivity index (χ1n) is 8.91. The van der Waals surface area contributed by atoms with Gasteiger partial charge in [-0.15, -0.1) is 0 Å². The molecule has 0 saturated carbocycles. The minimum Gasteiger partial charge on any atom is -0.451 e. The Labute approximate surface area is 151 Å². The number of nitrogens with one attached hydrogen (secondary N) is 2. The van der Waals surface area contributed by atoms with Gasteiger partial charge in [0.2, 0.25) is 0 Å². The van der Waals surface area contributed by atoms with Crippen LogP contribution in [0.3, 0.4) is 0 Å². The summed E-state index contributed by atoms with van der Waals surface area (Å²) >= 11 is 5.89. The third kappa shape index (κ3) is 4.41. The summed E-state index contributed by atoms with van der Waals surface area (Å²) in [5.41, 5.74) is 0.106. The van der Waals surface area contributed by atoms with E-state index in [0.29, 0.717) is 28.6 Å². The van der Waals surface area contributed by atoms with Crippen molar-refractivity contribution >= 4 is 28.5 Å². The molecule has 0 bridgehead atoms. The smallest absolute Gasteiger partial charge is 0.287 e. The summed E-state index contributed by atoms with van der Waals surface area (Å²) in [5, 5.41) is 3.69. The van der Waals surface area contributed by atoms with E-state index in [1.165, 1.54) is 31.9 Å². The number of piperidine rings is 1. The second kappa shape index (κ2) is 8.02. The molecule has 1 amide bonds. The first kappa shape index (κ1) is 18.0. The summed E-state index contributed by atoms with van der Waals surface area (Å²) in [6, 6.07) is 6.72. The lowest BCUT2D eigenvalue weighted by Crippen LogP contribution is -3.16. The van der Waals surface area contributed by atoms with Gasteiger partial charge >= 0.3 is 0 Å². The van der Waals surface area contributed by atoms with Crippen LogP contribution in [-0.4, -0.2) is 31.6 Å². The zero-order valence-electron chi connectivity index (χ0n) is 14.4. The van der Waals surface area contributed by atoms with E-state index in [0.717, 1.165) is 13.0 Å². The monoisotopic (exact) mass is 363 g/mol. The lowest BCUT2D eigenvalue weighted by atomic mass is 10.0. The molecule has 1 fully saturated rings. The Morgan fingerprint density at radius 1 is 1.36 bits per heavy atom. The van der Waals surface area contributed by atoms with E-state index in [4.69, 9.17) is 16.0 Å². The Kier molecular flexibility index (Phi) is 5.76. The number of amides is 1. The van der Waals surface area contributed by atoms with Crippen molar-refractivity contribution in [2.45, 2.75) is 38.6 Å². The van der Waals surface area contributed by atoms with Crippen molar-refractivity contribution < 1.29 is 14.1 Å². The van der Waals surface area contributed by atoms with Crippen LogP contribution in [0.4, 0.5) is 0 Å². The largest absolute Gasteiger partial charge is 0.451 e. The molecule has 0 radical (unpaired) electrons. The van der Waals surface area contributed by atoms with E-state index < -0.39 is 0 Å². The van der Waals surface area contributed by atoms with E-state index in [1.807, 2.05) is 0 Å². The number of halogens is 1. The maximum Gasteiger partial charge on any atom is 0.287 e. The maximum absolute atomic E-state index is 12.2. The molecule has 2 aromatic rings. The van der Waals surface area contributed by atoms with Gasteiger partial charge in [-0.2, -0.15) is 0 Å². The lowest BCUT2D eigenvalue weighted by molar-refractivity contribution is -0.928. The van der Waals surface area contributed by atoms with Crippen molar-refractivity contribution in [1.82, 2.24) is 5.32 Å². The molecule has 1 aliphatic rings. The van der Waals surface area contributed by atoms with Gasteiger partial charge in [0.15, 0.2) is 11.2 Å². The second-order valence-electron chi connectivity index (χ2n) is 6.78. The van der Waals surface area contributed by atoms with Gasteiger partial charge in [-0.05, 0) is 44.4 Å². The average molecular weight is 364 g/mol. The highest BCUT2D eigenvalue weighted by atomic mass is 35.5. The van der Waals surface area contributed by atoms with Crippen LogP contribution in [0.15, 0.2) is 33.5 Å². The van der Waals surface area contributed by atoms with Crippen molar-refractivity contribution in [3.8, 4) is 0 Å². The van der Waals surface area contributed by atoms with Gasteiger partial charge in [-0.25, -0.2) is 0 Å². The lowest BCUT2D eigenvalue weighted by Gasteiger charge is -2.30. The van der Waals surface area contributed by atoms with Crippen molar-refractivity contribution in [3.05, 3.63) is 45.3 Å². The Bertz CT molecular complexity index is 818. The van der Waals surface area contributed by atoms with Gasteiger partial charge in [-0.1, -0.05) is 11.6 Å². The molecule has 1 aromatic carbocycles. The second-order valence-corrected chi connectivity index (χ2v) is 7.22. The van der Waals surface area contributed by atoms with Crippen molar-refractivity contribution in [2.24, 2.45) is 0 Å². The van der Waals surface area contributed by atoms with Gasteiger partial charge in [0, 0.05) is 24.1 Å². The van der Waals surface area contributed by atoms with Crippen LogP contribution in [0, 0.1) is 0 Å². The number of likely N-dealkylation sites (tertiary alicyclic amines) is 1. The summed E-state index contributed by atoms with van der Waals surface area (Å²) in [4.78, 5) is 26.0. The summed E-state index contributed by atoms with van der Waals surface area (Å²) in [5.74, 6) is -0.311. The topological polar surface area (TPSA) is 63.8 Å². The number of benzene rings is 1. The highest BCUT2D eigenvalue weighted by Crippen LogP contribution is 2.17. The van der Waals surface area contributed by atoms with Crippen LogP contribution in [-0.2, 0) is 0 Å². The number of carbonyl (C=O) groups is 1. The molecule has 6 heteroatoms. The standard InChI is InChI=1S/C19H23ClN2O3/c1-13-5-2-3-9-22(13)10-4-8-21-19(24)18-12-16(23)15-11-14(20)6-7-17(15)25-18/h6-7,11-13H,2-5,8-10H2,1H3,(H,21,24)/p+1/t13-/m1/s1. The Morgan fingerprint density at radius 2 is 2.20 bits per heavy atom. The number of carbonyl (C=O) groups excluding carboxylic acids is 1. The first-order valence-corrected chi connectivity index (χ1v) is 9.28. The minimum atomic E-state index is -0.351. The molecule has 3 rings (SSSR count). The summed E-state index contributed by atoms with van der Waals surface area (Å²) in [6.45, 7) is 5.15. The number of fused-ring (bicyclic) bond motifs is 1. The van der Waals surface area contributed by atoms with Crippen LogP contribution in [0.5, 0.6) is 0 Å². The molecule has 1 unspecified atom stereocenters. The van der Waals surface area contributed by atoms with Gasteiger partial charge < -0.3 is 14.6 Å². The van der Waals surface area contributed by atoms with E-state index in [1.54, 1.807) is 23.1 Å². The highest BCUT2D eigenvalue weighted by molar-refractivity contribution is 6.31. The molecule has 1 saturated heterocycles. The van der Waals surface area contributed by atoms with Crippen LogP contribution in [0.1, 0.15) is 43.2 Å². The van der Waals surface area contributed by atoms with Gasteiger partial charge in [0.1, 0.15) is 5.58 Å². The SMILES string of the molecule is C[C@@H]1CCCC[NH+]1CCCNC(=O)c1cc(=O)c2cc(Cl)ccc2o1. The van der Waals surface area contributed by atoms with Gasteiger partial charge in [0.25, 0.3) is 5.91 Å². The first-order chi connectivity index (χ1) is 12.0. The third-order valence-electron chi connectivity index (χ3n) is 4.96. The number of quaternary nitrogens is 1. The Balaban J connectivity index is 1.57. The van der Waals surface area contributed by atoms with E-state index in [2.05, 4.69) is 12.2 Å². The fourth-order valence-electron chi connectivity index (χ4n) is 3.47. The predicted molar refractivity (Wildman–Crippen MR) is 98.5 cm³/mol. The molecule has 2 N–H and O–H groups in total. The molecule has 0 aliphatic carbocycles. The van der Waals surface area contributed by atoms with Crippen molar-refractivity contribution in [2.75, 3.05) is 19.6 Å². The van der Waals surface area contributed by atoms with Gasteiger partial charge in [0.05, 0.1) is 24.5 Å². The maximum atomic E-state index is 12.2. The third-order valence-corrected chi connectivity index (χ3v) is 5.19. The molecular formula is C19H24ClN2O3+. The Hall–Kier alpha value is -1.85. The molecule has 25 heavy (non-hydrogen) atoms. The van der Waals surface area contributed by atoms with E-state index in [9.17, 15) is 9.59 Å². The molecule has 2 atom stereocenters. The number of hydrogen-bond acceptors (Lipinski definition) is 3. The average Bonchev–Trinajstić information content (AvgIpc) is 2.60. The highest BCUT2D eigenvalue weighted by Gasteiger charge is 2.21. The van der Waals surface area contributed by atoms with E-state index in [-0.39, 0.29) is 17.1 Å². The zero-order valence-corrected chi connectivity index (χ0v) is 15.2. The molecule has 5 nitrogen and oxygen atoms in total. The summed E-state index contributed by atoms with van der Waals surface area (Å²) < 4.78 is 5.55. The summed E-state index contributed by atoms with van der Waals surface area (Å²) in [6.07, 6.45) is 4.82. The summed E-state index contributed by atoms with van der Waals surface area (Å²) in [7, 11) is 0. The normalized spacial score (nSPS) is 20.6. The Morgan fingerprint density at radius 3 is 3.00 bits per heavy atom. The van der Waals surface area contributed by atoms with Crippen LogP contribution < -0.4 is 15.6 Å². The molecule has 1 aliphatic heterocycles. The van der Waals surface area contributed by atoms with Crippen LogP contribution >= 0.6 is 11.6 Å². The van der Waals surface area contributed by atoms with Crippen molar-refractivity contribution in [1.29, 1.82) is 0 Å². The molecule has 134 valence electrons. The fourth-order valence-corrected chi connectivity index (χ4v) is 3.64.